The second kappa shape index (κ2) is 7.52. The van der Waals surface area contributed by atoms with E-state index in [0.29, 0.717) is 0 Å². The van der Waals surface area contributed by atoms with Crippen LogP contribution in [0.5, 0.6) is 0 Å². The van der Waals surface area contributed by atoms with Crippen molar-refractivity contribution in [2.75, 3.05) is 0 Å². The predicted octanol–water partition coefficient (Wildman–Crippen LogP) is -0.190. The van der Waals surface area contributed by atoms with Crippen LogP contribution in [0.1, 0.15) is 12.0 Å². The first-order chi connectivity index (χ1) is 9.45. The highest BCUT2D eigenvalue weighted by Crippen LogP contribution is 2.15. The zero-order chi connectivity index (χ0) is 15.1. The molecule has 1 aromatic rings. The van der Waals surface area contributed by atoms with Gasteiger partial charge in [0, 0.05) is 6.42 Å². The Morgan fingerprint density at radius 1 is 1.15 bits per heavy atom. The van der Waals surface area contributed by atoms with E-state index in [4.69, 9.17) is 10.2 Å². The number of hydrogen-bond donors (Lipinski definition) is 3. The topological polar surface area (TPSA) is 112 Å². The standard InChI is InChI=1S/C14H16O6/c15-8-12(17)13(18)11(16)7-10(14(19)20)6-9-4-2-1-3-5-9/h1-5,8,10,12-13,17-18H,6-7H2,(H,19,20). The molecule has 0 aromatic heterocycles. The summed E-state index contributed by atoms with van der Waals surface area (Å²) >= 11 is 0. The van der Waals surface area contributed by atoms with Crippen molar-refractivity contribution in [1.29, 1.82) is 0 Å². The van der Waals surface area contributed by atoms with Gasteiger partial charge in [-0.2, -0.15) is 0 Å². The van der Waals surface area contributed by atoms with Gasteiger partial charge in [0.25, 0.3) is 0 Å². The second-order valence-electron chi connectivity index (χ2n) is 4.47. The number of benzene rings is 1. The molecule has 3 N–H and O–H groups in total. The fourth-order valence-corrected chi connectivity index (χ4v) is 1.77. The maximum absolute atomic E-state index is 11.6. The zero-order valence-electron chi connectivity index (χ0n) is 10.7. The van der Waals surface area contributed by atoms with Gasteiger partial charge in [0.15, 0.2) is 12.1 Å². The maximum atomic E-state index is 11.6. The van der Waals surface area contributed by atoms with Gasteiger partial charge in [0.05, 0.1) is 5.92 Å². The molecule has 0 bridgehead atoms. The summed E-state index contributed by atoms with van der Waals surface area (Å²) < 4.78 is 0. The number of aldehydes is 1. The van der Waals surface area contributed by atoms with Crippen LogP contribution in [0.2, 0.25) is 0 Å². The number of rotatable bonds is 8. The average molecular weight is 280 g/mol. The summed E-state index contributed by atoms with van der Waals surface area (Å²) in [4.78, 5) is 33.0. The molecule has 0 radical (unpaired) electrons. The minimum atomic E-state index is -1.88. The molecule has 0 heterocycles. The van der Waals surface area contributed by atoms with Crippen LogP contribution in [0.3, 0.4) is 0 Å². The quantitative estimate of drug-likeness (QED) is 0.569. The van der Waals surface area contributed by atoms with Crippen LogP contribution in [0, 0.1) is 5.92 Å². The van der Waals surface area contributed by atoms with E-state index in [9.17, 15) is 19.5 Å². The number of carbonyl (C=O) groups is 3. The Hall–Kier alpha value is -2.05. The third-order valence-corrected chi connectivity index (χ3v) is 2.91. The largest absolute Gasteiger partial charge is 0.481 e. The molecule has 0 spiro atoms. The molecule has 1 aromatic carbocycles. The molecule has 0 aliphatic rings. The number of aliphatic carboxylic acids is 1. The summed E-state index contributed by atoms with van der Waals surface area (Å²) in [6.45, 7) is 0. The van der Waals surface area contributed by atoms with E-state index >= 15 is 0 Å². The first-order valence-electron chi connectivity index (χ1n) is 6.06. The second-order valence-corrected chi connectivity index (χ2v) is 4.47. The van der Waals surface area contributed by atoms with E-state index in [-0.39, 0.29) is 12.7 Å². The molecule has 0 aliphatic carbocycles. The Bertz CT molecular complexity index is 470. The molecule has 20 heavy (non-hydrogen) atoms. The first kappa shape index (κ1) is 16.0. The van der Waals surface area contributed by atoms with Crippen molar-refractivity contribution in [2.24, 2.45) is 5.92 Å². The Balaban J connectivity index is 2.71. The molecule has 3 atom stereocenters. The highest BCUT2D eigenvalue weighted by molar-refractivity contribution is 5.89. The molecule has 0 amide bonds. The molecule has 0 saturated carbocycles. The van der Waals surface area contributed by atoms with Gasteiger partial charge in [-0.1, -0.05) is 30.3 Å². The van der Waals surface area contributed by atoms with Crippen molar-refractivity contribution in [1.82, 2.24) is 0 Å². The minimum Gasteiger partial charge on any atom is -0.481 e. The maximum Gasteiger partial charge on any atom is 0.307 e. The number of carboxylic acids is 1. The lowest BCUT2D eigenvalue weighted by molar-refractivity contribution is -0.146. The highest BCUT2D eigenvalue weighted by Gasteiger charge is 2.29. The Morgan fingerprint density at radius 3 is 2.25 bits per heavy atom. The summed E-state index contributed by atoms with van der Waals surface area (Å²) in [5, 5.41) is 27.5. The first-order valence-corrected chi connectivity index (χ1v) is 6.06. The van der Waals surface area contributed by atoms with Crippen molar-refractivity contribution in [3.63, 3.8) is 0 Å². The fourth-order valence-electron chi connectivity index (χ4n) is 1.77. The van der Waals surface area contributed by atoms with Gasteiger partial charge < -0.3 is 20.1 Å². The van der Waals surface area contributed by atoms with E-state index in [2.05, 4.69) is 0 Å². The van der Waals surface area contributed by atoms with Crippen molar-refractivity contribution in [3.05, 3.63) is 35.9 Å². The lowest BCUT2D eigenvalue weighted by Crippen LogP contribution is -2.37. The van der Waals surface area contributed by atoms with E-state index < -0.39 is 36.3 Å². The SMILES string of the molecule is O=CC(O)C(O)C(=O)CC(Cc1ccccc1)C(=O)O. The Kier molecular flexibility index (Phi) is 6.02. The molecule has 108 valence electrons. The van der Waals surface area contributed by atoms with Crippen molar-refractivity contribution < 1.29 is 29.7 Å². The van der Waals surface area contributed by atoms with Gasteiger partial charge in [-0.05, 0) is 12.0 Å². The van der Waals surface area contributed by atoms with Crippen LogP contribution in [-0.2, 0) is 20.8 Å². The van der Waals surface area contributed by atoms with Crippen LogP contribution in [0.15, 0.2) is 30.3 Å². The molecule has 6 heteroatoms. The molecule has 3 unspecified atom stereocenters. The number of carboxylic acid groups (broad SMARTS) is 1. The van der Waals surface area contributed by atoms with Crippen LogP contribution < -0.4 is 0 Å². The molecule has 6 nitrogen and oxygen atoms in total. The number of aliphatic hydroxyl groups excluding tert-OH is 2. The molecule has 0 fully saturated rings. The van der Waals surface area contributed by atoms with E-state index in [1.165, 1.54) is 0 Å². The number of aliphatic hydroxyl groups is 2. The van der Waals surface area contributed by atoms with Crippen LogP contribution in [0.25, 0.3) is 0 Å². The minimum absolute atomic E-state index is 0.0372. The number of ketones is 1. The molecule has 1 rings (SSSR count). The third-order valence-electron chi connectivity index (χ3n) is 2.91. The molecule has 0 aliphatic heterocycles. The summed E-state index contributed by atoms with van der Waals surface area (Å²) in [7, 11) is 0. The van der Waals surface area contributed by atoms with Crippen molar-refractivity contribution in [3.8, 4) is 0 Å². The molecular formula is C14H16O6. The fraction of sp³-hybridized carbons (Fsp3) is 0.357. The van der Waals surface area contributed by atoms with Crippen molar-refractivity contribution in [2.45, 2.75) is 25.0 Å². The molecular weight excluding hydrogens is 264 g/mol. The lowest BCUT2D eigenvalue weighted by Gasteiger charge is -2.15. The number of carbonyl (C=O) groups excluding carboxylic acids is 2. The van der Waals surface area contributed by atoms with Gasteiger partial charge in [-0.25, -0.2) is 0 Å². The smallest absolute Gasteiger partial charge is 0.307 e. The summed E-state index contributed by atoms with van der Waals surface area (Å²) in [5.41, 5.74) is 0.748. The Morgan fingerprint density at radius 2 is 1.75 bits per heavy atom. The highest BCUT2D eigenvalue weighted by atomic mass is 16.4. The summed E-state index contributed by atoms with van der Waals surface area (Å²) in [6.07, 6.45) is -3.99. The van der Waals surface area contributed by atoms with Gasteiger partial charge >= 0.3 is 5.97 Å². The lowest BCUT2D eigenvalue weighted by atomic mass is 9.92. The van der Waals surface area contributed by atoms with E-state index in [0.717, 1.165) is 5.56 Å². The normalized spacial score (nSPS) is 15.1. The van der Waals surface area contributed by atoms with Gasteiger partial charge in [-0.3, -0.25) is 9.59 Å². The summed E-state index contributed by atoms with van der Waals surface area (Å²) in [5.74, 6) is -3.05. The predicted molar refractivity (Wildman–Crippen MR) is 69.0 cm³/mol. The summed E-state index contributed by atoms with van der Waals surface area (Å²) in [6, 6.07) is 8.75. The zero-order valence-corrected chi connectivity index (χ0v) is 10.7. The van der Waals surface area contributed by atoms with Gasteiger partial charge in [0.2, 0.25) is 0 Å². The monoisotopic (exact) mass is 280 g/mol. The third kappa shape index (κ3) is 4.56. The Labute approximate surface area is 115 Å². The van der Waals surface area contributed by atoms with Gasteiger partial charge in [0.1, 0.15) is 12.2 Å². The average Bonchev–Trinajstić information content (AvgIpc) is 2.45. The van der Waals surface area contributed by atoms with Crippen LogP contribution in [0.4, 0.5) is 0 Å². The van der Waals surface area contributed by atoms with Crippen LogP contribution in [-0.4, -0.2) is 45.6 Å². The van der Waals surface area contributed by atoms with Crippen molar-refractivity contribution >= 4 is 18.0 Å². The van der Waals surface area contributed by atoms with E-state index in [1.54, 1.807) is 30.3 Å². The van der Waals surface area contributed by atoms with Crippen LogP contribution >= 0.6 is 0 Å². The number of hydrogen-bond acceptors (Lipinski definition) is 5. The molecule has 0 saturated heterocycles. The number of Topliss-reactive ketones (excluding diaryl/α,β-unsaturated/α-hetero) is 1. The van der Waals surface area contributed by atoms with E-state index in [1.807, 2.05) is 0 Å². The van der Waals surface area contributed by atoms with Gasteiger partial charge in [-0.15, -0.1) is 0 Å².